The van der Waals surface area contributed by atoms with Gasteiger partial charge in [-0.05, 0) is 31.2 Å². The molecule has 0 radical (unpaired) electrons. The summed E-state index contributed by atoms with van der Waals surface area (Å²) in [7, 11) is 0. The van der Waals surface area contributed by atoms with Crippen LogP contribution in [0.15, 0.2) is 0 Å². The van der Waals surface area contributed by atoms with E-state index in [-0.39, 0.29) is 12.1 Å². The predicted molar refractivity (Wildman–Crippen MR) is 31.3 cm³/mol. The van der Waals surface area contributed by atoms with Crippen molar-refractivity contribution in [1.82, 2.24) is 0 Å². The van der Waals surface area contributed by atoms with Crippen LogP contribution in [0.3, 0.4) is 0 Å². The fourth-order valence-electron chi connectivity index (χ4n) is 0.933. The Hall–Kier alpha value is -0.110. The first-order valence-corrected chi connectivity index (χ1v) is 3.09. The van der Waals surface area contributed by atoms with Crippen LogP contribution in [0.1, 0.15) is 19.3 Å². The van der Waals surface area contributed by atoms with Gasteiger partial charge in [-0.1, -0.05) is 0 Å². The highest BCUT2D eigenvalue weighted by Crippen LogP contribution is 2.47. The molecule has 1 aliphatic rings. The summed E-state index contributed by atoms with van der Waals surface area (Å²) < 4.78 is 11.7. The third-order valence-electron chi connectivity index (χ3n) is 2.01. The second-order valence-electron chi connectivity index (χ2n) is 2.64. The number of nitrogens with two attached hydrogens (primary N) is 1. The molecule has 48 valence electrons. The third kappa shape index (κ3) is 0.996. The lowest BCUT2D eigenvalue weighted by atomic mass is 10.0. The molecule has 1 nitrogen and oxygen atoms in total. The fourth-order valence-corrected chi connectivity index (χ4v) is 0.933. The van der Waals surface area contributed by atoms with E-state index in [1.54, 1.807) is 0 Å². The third-order valence-corrected chi connectivity index (χ3v) is 2.01. The Morgan fingerprint density at radius 2 is 2.12 bits per heavy atom. The van der Waals surface area contributed by atoms with Crippen LogP contribution in [0.4, 0.5) is 4.39 Å². The minimum Gasteiger partial charge on any atom is -0.330 e. The van der Waals surface area contributed by atoms with E-state index in [1.807, 2.05) is 0 Å². The number of alkyl halides is 1. The molecule has 0 amide bonds. The molecule has 0 atom stereocenters. The van der Waals surface area contributed by atoms with Gasteiger partial charge in [0.15, 0.2) is 0 Å². The van der Waals surface area contributed by atoms with E-state index in [0.717, 1.165) is 12.8 Å². The van der Waals surface area contributed by atoms with Gasteiger partial charge in [-0.15, -0.1) is 0 Å². The summed E-state index contributed by atoms with van der Waals surface area (Å²) in [5.41, 5.74) is 5.63. The van der Waals surface area contributed by atoms with Crippen LogP contribution in [-0.2, 0) is 0 Å². The van der Waals surface area contributed by atoms with E-state index in [2.05, 4.69) is 0 Å². The first-order chi connectivity index (χ1) is 3.83. The van der Waals surface area contributed by atoms with Crippen molar-refractivity contribution in [3.63, 3.8) is 0 Å². The Labute approximate surface area is 49.1 Å². The monoisotopic (exact) mass is 117 g/mol. The lowest BCUT2D eigenvalue weighted by Crippen LogP contribution is -2.15. The van der Waals surface area contributed by atoms with Gasteiger partial charge in [0, 0.05) is 0 Å². The van der Waals surface area contributed by atoms with Gasteiger partial charge in [0.1, 0.15) is 0 Å². The molecule has 2 N–H and O–H groups in total. The van der Waals surface area contributed by atoms with E-state index in [0.29, 0.717) is 13.0 Å². The van der Waals surface area contributed by atoms with Crippen LogP contribution in [0.25, 0.3) is 0 Å². The molecule has 0 aromatic heterocycles. The van der Waals surface area contributed by atoms with Crippen LogP contribution in [0.2, 0.25) is 0 Å². The van der Waals surface area contributed by atoms with Crippen molar-refractivity contribution < 1.29 is 4.39 Å². The standard InChI is InChI=1S/C6H12FN/c7-4-3-6(5-8)1-2-6/h1-5,8H2. The van der Waals surface area contributed by atoms with Crippen LogP contribution in [-0.4, -0.2) is 13.2 Å². The summed E-state index contributed by atoms with van der Waals surface area (Å²) in [5, 5.41) is 0. The summed E-state index contributed by atoms with van der Waals surface area (Å²) in [4.78, 5) is 0. The topological polar surface area (TPSA) is 26.0 Å². The zero-order valence-electron chi connectivity index (χ0n) is 4.99. The zero-order chi connectivity index (χ0) is 6.04. The molecule has 0 aromatic rings. The smallest absolute Gasteiger partial charge is 0.0900 e. The van der Waals surface area contributed by atoms with Crippen LogP contribution < -0.4 is 5.73 Å². The molecule has 0 heterocycles. The van der Waals surface area contributed by atoms with Crippen LogP contribution >= 0.6 is 0 Å². The van der Waals surface area contributed by atoms with Crippen molar-refractivity contribution in [2.24, 2.45) is 11.1 Å². The van der Waals surface area contributed by atoms with Gasteiger partial charge in [0.25, 0.3) is 0 Å². The Morgan fingerprint density at radius 1 is 1.50 bits per heavy atom. The molecular weight excluding hydrogens is 105 g/mol. The maximum Gasteiger partial charge on any atom is 0.0900 e. The van der Waals surface area contributed by atoms with Crippen molar-refractivity contribution in [3.8, 4) is 0 Å². The molecular formula is C6H12FN. The van der Waals surface area contributed by atoms with Crippen molar-refractivity contribution >= 4 is 0 Å². The molecule has 0 spiro atoms. The Balaban J connectivity index is 2.20. The van der Waals surface area contributed by atoms with Gasteiger partial charge in [-0.25, -0.2) is 0 Å². The highest BCUT2D eigenvalue weighted by Gasteiger charge is 2.40. The Bertz CT molecular complexity index is 78.6. The SMILES string of the molecule is NCC1(CCF)CC1. The molecule has 0 bridgehead atoms. The summed E-state index contributed by atoms with van der Waals surface area (Å²) >= 11 is 0. The molecule has 1 saturated carbocycles. The second kappa shape index (κ2) is 2.02. The Morgan fingerprint density at radius 3 is 2.25 bits per heavy atom. The predicted octanol–water partition coefficient (Wildman–Crippen LogP) is 1.08. The van der Waals surface area contributed by atoms with Crippen molar-refractivity contribution in [2.45, 2.75) is 19.3 Å². The van der Waals surface area contributed by atoms with Crippen molar-refractivity contribution in [2.75, 3.05) is 13.2 Å². The highest BCUT2D eigenvalue weighted by molar-refractivity contribution is 4.93. The van der Waals surface area contributed by atoms with E-state index in [1.165, 1.54) is 0 Å². The van der Waals surface area contributed by atoms with E-state index >= 15 is 0 Å². The number of halogens is 1. The van der Waals surface area contributed by atoms with E-state index < -0.39 is 0 Å². The first-order valence-electron chi connectivity index (χ1n) is 3.09. The van der Waals surface area contributed by atoms with Crippen LogP contribution in [0.5, 0.6) is 0 Å². The molecule has 8 heavy (non-hydrogen) atoms. The lowest BCUT2D eigenvalue weighted by molar-refractivity contribution is 0.376. The molecule has 1 aliphatic carbocycles. The lowest BCUT2D eigenvalue weighted by Gasteiger charge is -2.06. The summed E-state index contributed by atoms with van der Waals surface area (Å²) in [6.07, 6.45) is 2.98. The summed E-state index contributed by atoms with van der Waals surface area (Å²) in [6.45, 7) is 0.480. The summed E-state index contributed by atoms with van der Waals surface area (Å²) in [6, 6.07) is 0. The average molecular weight is 117 g/mol. The quantitative estimate of drug-likeness (QED) is 0.588. The van der Waals surface area contributed by atoms with Gasteiger partial charge in [0.05, 0.1) is 6.67 Å². The molecule has 0 saturated heterocycles. The number of rotatable bonds is 3. The molecule has 2 heteroatoms. The van der Waals surface area contributed by atoms with E-state index in [9.17, 15) is 4.39 Å². The van der Waals surface area contributed by atoms with Gasteiger partial charge in [0.2, 0.25) is 0 Å². The van der Waals surface area contributed by atoms with Crippen molar-refractivity contribution in [1.29, 1.82) is 0 Å². The molecule has 0 aromatic carbocycles. The molecule has 0 unspecified atom stereocenters. The Kier molecular flexibility index (Phi) is 1.52. The normalized spacial score (nSPS) is 23.2. The van der Waals surface area contributed by atoms with Gasteiger partial charge >= 0.3 is 0 Å². The van der Waals surface area contributed by atoms with Gasteiger partial charge in [-0.3, -0.25) is 4.39 Å². The molecule has 1 rings (SSSR count). The van der Waals surface area contributed by atoms with Crippen molar-refractivity contribution in [3.05, 3.63) is 0 Å². The summed E-state index contributed by atoms with van der Waals surface area (Å²) in [5.74, 6) is 0. The largest absolute Gasteiger partial charge is 0.330 e. The molecule has 1 fully saturated rings. The number of hydrogen-bond acceptors (Lipinski definition) is 1. The maximum atomic E-state index is 11.7. The minimum atomic E-state index is -0.197. The van der Waals surface area contributed by atoms with Crippen LogP contribution in [0, 0.1) is 5.41 Å². The van der Waals surface area contributed by atoms with Gasteiger partial charge < -0.3 is 5.73 Å². The zero-order valence-corrected chi connectivity index (χ0v) is 4.99. The molecule has 0 aliphatic heterocycles. The van der Waals surface area contributed by atoms with E-state index in [4.69, 9.17) is 5.73 Å². The maximum absolute atomic E-state index is 11.7. The average Bonchev–Trinajstić information content (AvgIpc) is 2.50. The highest BCUT2D eigenvalue weighted by atomic mass is 19.1. The second-order valence-corrected chi connectivity index (χ2v) is 2.64. The first kappa shape index (κ1) is 6.02. The fraction of sp³-hybridized carbons (Fsp3) is 1.00. The number of hydrogen-bond donors (Lipinski definition) is 1. The van der Waals surface area contributed by atoms with Gasteiger partial charge in [-0.2, -0.15) is 0 Å². The minimum absolute atomic E-state index is 0.197.